The second-order valence-electron chi connectivity index (χ2n) is 4.99. The van der Waals surface area contributed by atoms with Crippen molar-refractivity contribution in [2.45, 2.75) is 32.5 Å². The number of amides is 2. The topological polar surface area (TPSA) is 118 Å². The fraction of sp³-hybridized carbons (Fsp3) is 0.667. The predicted octanol–water partition coefficient (Wildman–Crippen LogP) is -0.413. The van der Waals surface area contributed by atoms with E-state index in [4.69, 9.17) is 9.84 Å². The van der Waals surface area contributed by atoms with Gasteiger partial charge in [0.1, 0.15) is 12.2 Å². The number of hydrogen-bond donors (Lipinski definition) is 3. The van der Waals surface area contributed by atoms with E-state index in [0.29, 0.717) is 18.2 Å². The first-order valence-electron chi connectivity index (χ1n) is 6.78. The van der Waals surface area contributed by atoms with E-state index < -0.39 is 5.97 Å². The number of carbonyl (C=O) groups excluding carboxylic acids is 1. The lowest BCUT2D eigenvalue weighted by atomic mass is 10.0. The SMILES string of the molecule is CC1OCCC1CNC(=O)NCc1cn(CC(=O)O)nn1. The molecular weight excluding hydrogens is 278 g/mol. The molecule has 3 N–H and O–H groups in total. The molecule has 0 aliphatic carbocycles. The smallest absolute Gasteiger partial charge is 0.325 e. The fourth-order valence-electron chi connectivity index (χ4n) is 2.14. The first-order valence-corrected chi connectivity index (χ1v) is 6.78. The fourth-order valence-corrected chi connectivity index (χ4v) is 2.14. The summed E-state index contributed by atoms with van der Waals surface area (Å²) in [6.45, 7) is 3.25. The monoisotopic (exact) mass is 297 g/mol. The van der Waals surface area contributed by atoms with Gasteiger partial charge in [0.15, 0.2) is 0 Å². The second-order valence-corrected chi connectivity index (χ2v) is 4.99. The molecule has 2 unspecified atom stereocenters. The molecule has 0 saturated carbocycles. The quantitative estimate of drug-likeness (QED) is 0.656. The van der Waals surface area contributed by atoms with Crippen molar-refractivity contribution in [2.24, 2.45) is 5.92 Å². The van der Waals surface area contributed by atoms with Crippen molar-refractivity contribution in [2.75, 3.05) is 13.2 Å². The van der Waals surface area contributed by atoms with Crippen LogP contribution in [0.15, 0.2) is 6.20 Å². The maximum atomic E-state index is 11.7. The first kappa shape index (κ1) is 15.2. The Morgan fingerprint density at radius 2 is 2.33 bits per heavy atom. The molecule has 1 aromatic rings. The molecule has 2 amide bonds. The molecule has 116 valence electrons. The Labute approximate surface area is 121 Å². The number of carbonyl (C=O) groups is 2. The maximum Gasteiger partial charge on any atom is 0.325 e. The van der Waals surface area contributed by atoms with Crippen LogP contribution >= 0.6 is 0 Å². The summed E-state index contributed by atoms with van der Waals surface area (Å²) in [5.41, 5.74) is 0.504. The van der Waals surface area contributed by atoms with Crippen molar-refractivity contribution < 1.29 is 19.4 Å². The summed E-state index contributed by atoms with van der Waals surface area (Å²) >= 11 is 0. The summed E-state index contributed by atoms with van der Waals surface area (Å²) in [5.74, 6) is -0.655. The summed E-state index contributed by atoms with van der Waals surface area (Å²) in [5, 5.41) is 21.5. The average molecular weight is 297 g/mol. The van der Waals surface area contributed by atoms with E-state index >= 15 is 0 Å². The van der Waals surface area contributed by atoms with Crippen LogP contribution in [0.1, 0.15) is 19.0 Å². The molecule has 0 aromatic carbocycles. The van der Waals surface area contributed by atoms with E-state index in [-0.39, 0.29) is 25.2 Å². The van der Waals surface area contributed by atoms with Crippen LogP contribution in [0.4, 0.5) is 4.79 Å². The first-order chi connectivity index (χ1) is 10.0. The van der Waals surface area contributed by atoms with Crippen molar-refractivity contribution in [3.8, 4) is 0 Å². The number of aromatic nitrogens is 3. The van der Waals surface area contributed by atoms with Crippen LogP contribution in [0.3, 0.4) is 0 Å². The molecule has 1 fully saturated rings. The number of urea groups is 1. The molecule has 0 radical (unpaired) electrons. The summed E-state index contributed by atoms with van der Waals surface area (Å²) in [7, 11) is 0. The normalized spacial score (nSPS) is 21.2. The van der Waals surface area contributed by atoms with E-state index in [9.17, 15) is 9.59 Å². The third kappa shape index (κ3) is 4.71. The third-order valence-electron chi connectivity index (χ3n) is 3.37. The molecule has 21 heavy (non-hydrogen) atoms. The number of nitrogens with one attached hydrogen (secondary N) is 2. The molecule has 1 saturated heterocycles. The Hall–Kier alpha value is -2.16. The molecule has 1 aromatic heterocycles. The van der Waals surface area contributed by atoms with Gasteiger partial charge in [-0.15, -0.1) is 5.10 Å². The van der Waals surface area contributed by atoms with Crippen LogP contribution < -0.4 is 10.6 Å². The van der Waals surface area contributed by atoms with Gasteiger partial charge in [0.2, 0.25) is 0 Å². The summed E-state index contributed by atoms with van der Waals surface area (Å²) in [6, 6.07) is -0.290. The van der Waals surface area contributed by atoms with Crippen molar-refractivity contribution in [3.63, 3.8) is 0 Å². The van der Waals surface area contributed by atoms with Gasteiger partial charge >= 0.3 is 12.0 Å². The molecule has 0 bridgehead atoms. The number of aliphatic carboxylic acids is 1. The van der Waals surface area contributed by atoms with E-state index in [2.05, 4.69) is 20.9 Å². The standard InChI is InChI=1S/C12H19N5O4/c1-8-9(2-3-21-8)4-13-12(20)14-5-10-6-17(16-15-10)7-11(18)19/h6,8-9H,2-5,7H2,1H3,(H,18,19)(H2,13,14,20). The van der Waals surface area contributed by atoms with Gasteiger partial charge in [-0.25, -0.2) is 9.48 Å². The zero-order valence-electron chi connectivity index (χ0n) is 11.8. The molecule has 2 rings (SSSR count). The number of ether oxygens (including phenoxy) is 1. The summed E-state index contributed by atoms with van der Waals surface area (Å²) in [6.07, 6.45) is 2.60. The van der Waals surface area contributed by atoms with Crippen LogP contribution in [-0.4, -0.2) is 51.4 Å². The van der Waals surface area contributed by atoms with Gasteiger partial charge in [0, 0.05) is 19.1 Å². The molecule has 0 spiro atoms. The average Bonchev–Trinajstić information content (AvgIpc) is 3.02. The Morgan fingerprint density at radius 3 is 3.00 bits per heavy atom. The maximum absolute atomic E-state index is 11.7. The van der Waals surface area contributed by atoms with Crippen LogP contribution in [-0.2, 0) is 22.6 Å². The Bertz CT molecular complexity index is 504. The Morgan fingerprint density at radius 1 is 1.52 bits per heavy atom. The van der Waals surface area contributed by atoms with Crippen LogP contribution in [0.25, 0.3) is 0 Å². The van der Waals surface area contributed by atoms with Crippen LogP contribution in [0.5, 0.6) is 0 Å². The lowest BCUT2D eigenvalue weighted by Crippen LogP contribution is -2.39. The van der Waals surface area contributed by atoms with Gasteiger partial charge in [0.05, 0.1) is 18.8 Å². The van der Waals surface area contributed by atoms with Gasteiger partial charge in [-0.2, -0.15) is 0 Å². The van der Waals surface area contributed by atoms with Gasteiger partial charge in [0.25, 0.3) is 0 Å². The van der Waals surface area contributed by atoms with Crippen molar-refractivity contribution >= 4 is 12.0 Å². The van der Waals surface area contributed by atoms with Crippen LogP contribution in [0, 0.1) is 5.92 Å². The predicted molar refractivity (Wildman–Crippen MR) is 71.4 cm³/mol. The molecular formula is C12H19N5O4. The number of carboxylic acids is 1. The lowest BCUT2D eigenvalue weighted by Gasteiger charge is -2.14. The van der Waals surface area contributed by atoms with Gasteiger partial charge in [-0.3, -0.25) is 4.79 Å². The number of rotatable bonds is 6. The highest BCUT2D eigenvalue weighted by Gasteiger charge is 2.24. The molecule has 9 nitrogen and oxygen atoms in total. The van der Waals surface area contributed by atoms with E-state index in [1.54, 1.807) is 0 Å². The molecule has 2 heterocycles. The molecule has 9 heteroatoms. The van der Waals surface area contributed by atoms with Gasteiger partial charge < -0.3 is 20.5 Å². The Balaban J connectivity index is 1.68. The minimum absolute atomic E-state index is 0.168. The number of carboxylic acid groups (broad SMARTS) is 1. The van der Waals surface area contributed by atoms with Gasteiger partial charge in [-0.1, -0.05) is 5.21 Å². The molecule has 1 aliphatic heterocycles. The minimum atomic E-state index is -0.995. The zero-order valence-corrected chi connectivity index (χ0v) is 11.8. The van der Waals surface area contributed by atoms with E-state index in [1.165, 1.54) is 10.9 Å². The second kappa shape index (κ2) is 7.02. The summed E-state index contributed by atoms with van der Waals surface area (Å²) in [4.78, 5) is 22.2. The zero-order chi connectivity index (χ0) is 15.2. The highest BCUT2D eigenvalue weighted by molar-refractivity contribution is 5.73. The third-order valence-corrected chi connectivity index (χ3v) is 3.37. The molecule has 1 aliphatic rings. The molecule has 2 atom stereocenters. The summed E-state index contributed by atoms with van der Waals surface area (Å²) < 4.78 is 6.62. The van der Waals surface area contributed by atoms with Crippen molar-refractivity contribution in [3.05, 3.63) is 11.9 Å². The van der Waals surface area contributed by atoms with E-state index in [1.807, 2.05) is 6.92 Å². The highest BCUT2D eigenvalue weighted by atomic mass is 16.5. The largest absolute Gasteiger partial charge is 0.480 e. The lowest BCUT2D eigenvalue weighted by molar-refractivity contribution is -0.137. The number of nitrogens with zero attached hydrogens (tertiary/aromatic N) is 3. The number of hydrogen-bond acceptors (Lipinski definition) is 5. The van der Waals surface area contributed by atoms with Crippen LogP contribution in [0.2, 0.25) is 0 Å². The highest BCUT2D eigenvalue weighted by Crippen LogP contribution is 2.19. The minimum Gasteiger partial charge on any atom is -0.480 e. The Kier molecular flexibility index (Phi) is 5.09. The van der Waals surface area contributed by atoms with E-state index in [0.717, 1.165) is 13.0 Å². The van der Waals surface area contributed by atoms with Gasteiger partial charge in [-0.05, 0) is 13.3 Å². The van der Waals surface area contributed by atoms with Crippen molar-refractivity contribution in [1.82, 2.24) is 25.6 Å². The van der Waals surface area contributed by atoms with Crippen molar-refractivity contribution in [1.29, 1.82) is 0 Å².